The number of rotatable bonds is 10. The van der Waals surface area contributed by atoms with Gasteiger partial charge in [0, 0.05) is 6.42 Å². The van der Waals surface area contributed by atoms with E-state index in [9.17, 15) is 4.79 Å². The monoisotopic (exact) mass is 610 g/mol. The summed E-state index contributed by atoms with van der Waals surface area (Å²) in [6.07, 6.45) is 0.918. The van der Waals surface area contributed by atoms with Gasteiger partial charge in [-0.1, -0.05) is 172 Å². The molecule has 1 saturated carbocycles. The van der Waals surface area contributed by atoms with Crippen LogP contribution in [0.5, 0.6) is 0 Å². The van der Waals surface area contributed by atoms with E-state index < -0.39 is 13.9 Å². The van der Waals surface area contributed by atoms with Gasteiger partial charge in [-0.15, -0.1) is 0 Å². The van der Waals surface area contributed by atoms with Crippen molar-refractivity contribution in [3.05, 3.63) is 168 Å². The fraction of sp³-hybridized carbons (Fsp3) is 0.244. The molecule has 2 unspecified atom stereocenters. The molecule has 0 heterocycles. The Morgan fingerprint density at radius 3 is 1.36 bits per heavy atom. The molecule has 0 saturated heterocycles. The molecule has 228 valence electrons. The molecular weight excluding hydrogens is 569 g/mol. The highest BCUT2D eigenvalue weighted by molar-refractivity contribution is 6.99. The summed E-state index contributed by atoms with van der Waals surface area (Å²) >= 11 is 0. The molecule has 0 bridgehead atoms. The molecule has 1 aliphatic carbocycles. The molecule has 6 rings (SSSR count). The van der Waals surface area contributed by atoms with E-state index in [0.717, 1.165) is 16.7 Å². The van der Waals surface area contributed by atoms with Gasteiger partial charge in [0.1, 0.15) is 11.4 Å². The van der Waals surface area contributed by atoms with Crippen LogP contribution in [0.25, 0.3) is 0 Å². The first-order valence-electron chi connectivity index (χ1n) is 16.0. The van der Waals surface area contributed by atoms with Gasteiger partial charge in [-0.2, -0.15) is 0 Å². The summed E-state index contributed by atoms with van der Waals surface area (Å²) < 4.78 is 14.7. The maximum atomic E-state index is 13.8. The summed E-state index contributed by atoms with van der Waals surface area (Å²) in [5.74, 6) is -0.178. The van der Waals surface area contributed by atoms with Crippen molar-refractivity contribution in [2.24, 2.45) is 5.92 Å². The largest absolute Gasteiger partial charge is 0.404 e. The number of benzene rings is 5. The standard InChI is InChI=1S/C41H42O3Si/c1-40(2,3)45(35-25-15-7-16-26-35,36-27-17-8-18-28-36)44-39-30-29-38(42)37(39)31-43-41(32-19-9-4-10-20-32,33-21-11-5-12-22-33)34-23-13-6-14-24-34/h4-28,37,39H,29-31H2,1-3H3. The molecule has 0 radical (unpaired) electrons. The van der Waals surface area contributed by atoms with Crippen molar-refractivity contribution >= 4 is 24.5 Å². The van der Waals surface area contributed by atoms with E-state index in [2.05, 4.69) is 154 Å². The minimum atomic E-state index is -2.86. The van der Waals surface area contributed by atoms with Crippen molar-refractivity contribution in [1.82, 2.24) is 0 Å². The van der Waals surface area contributed by atoms with Gasteiger partial charge in [-0.05, 0) is 38.5 Å². The van der Waals surface area contributed by atoms with Crippen molar-refractivity contribution in [1.29, 1.82) is 0 Å². The van der Waals surface area contributed by atoms with Crippen LogP contribution in [0.15, 0.2) is 152 Å². The van der Waals surface area contributed by atoms with Gasteiger partial charge >= 0.3 is 0 Å². The van der Waals surface area contributed by atoms with E-state index in [1.807, 2.05) is 18.2 Å². The lowest BCUT2D eigenvalue weighted by Gasteiger charge is -2.45. The maximum Gasteiger partial charge on any atom is 0.261 e. The lowest BCUT2D eigenvalue weighted by atomic mass is 9.80. The second kappa shape index (κ2) is 13.1. The third-order valence-corrected chi connectivity index (χ3v) is 14.4. The predicted molar refractivity (Wildman–Crippen MR) is 185 cm³/mol. The van der Waals surface area contributed by atoms with Crippen LogP contribution in [0.2, 0.25) is 5.04 Å². The summed E-state index contributed by atoms with van der Waals surface area (Å²) in [5.41, 5.74) is 2.18. The van der Waals surface area contributed by atoms with Gasteiger partial charge in [0.05, 0.1) is 18.6 Å². The average Bonchev–Trinajstić information content (AvgIpc) is 3.43. The molecular formula is C41H42O3Si. The van der Waals surface area contributed by atoms with Crippen molar-refractivity contribution in [3.8, 4) is 0 Å². The van der Waals surface area contributed by atoms with Crippen molar-refractivity contribution in [3.63, 3.8) is 0 Å². The highest BCUT2D eigenvalue weighted by atomic mass is 28.4. The van der Waals surface area contributed by atoms with E-state index in [4.69, 9.17) is 9.16 Å². The van der Waals surface area contributed by atoms with E-state index in [-0.39, 0.29) is 29.5 Å². The summed E-state index contributed by atoms with van der Waals surface area (Å²) in [6, 6.07) is 52.4. The summed E-state index contributed by atoms with van der Waals surface area (Å²) in [7, 11) is -2.86. The third kappa shape index (κ3) is 5.86. The minimum Gasteiger partial charge on any atom is -0.404 e. The lowest BCUT2D eigenvalue weighted by molar-refractivity contribution is -0.126. The molecule has 5 aromatic carbocycles. The van der Waals surface area contributed by atoms with Crippen LogP contribution in [0.3, 0.4) is 0 Å². The molecule has 0 aliphatic heterocycles. The number of hydrogen-bond donors (Lipinski definition) is 0. The number of hydrogen-bond acceptors (Lipinski definition) is 3. The van der Waals surface area contributed by atoms with Crippen LogP contribution in [-0.4, -0.2) is 26.8 Å². The number of carbonyl (C=O) groups is 1. The average molecular weight is 611 g/mol. The highest BCUT2D eigenvalue weighted by Crippen LogP contribution is 2.44. The van der Waals surface area contributed by atoms with Crippen molar-refractivity contribution in [2.45, 2.75) is 50.4 Å². The summed E-state index contributed by atoms with van der Waals surface area (Å²) in [5, 5.41) is 2.25. The van der Waals surface area contributed by atoms with Crippen LogP contribution < -0.4 is 10.4 Å². The third-order valence-electron chi connectivity index (χ3n) is 9.30. The number of Topliss-reactive ketones (excluding diaryl/α,β-unsaturated/α-hetero) is 1. The Bertz CT molecular complexity index is 1530. The predicted octanol–water partition coefficient (Wildman–Crippen LogP) is 7.92. The molecule has 4 heteroatoms. The molecule has 1 aliphatic rings. The quantitative estimate of drug-likeness (QED) is 0.119. The fourth-order valence-electron chi connectivity index (χ4n) is 7.12. The number of ketones is 1. The Hall–Kier alpha value is -4.09. The van der Waals surface area contributed by atoms with Crippen LogP contribution in [0.1, 0.15) is 50.3 Å². The first-order valence-corrected chi connectivity index (χ1v) is 17.9. The van der Waals surface area contributed by atoms with Crippen LogP contribution in [-0.2, 0) is 19.6 Å². The second-order valence-corrected chi connectivity index (χ2v) is 17.3. The summed E-state index contributed by atoms with van der Waals surface area (Å²) in [6.45, 7) is 7.10. The van der Waals surface area contributed by atoms with Gasteiger partial charge < -0.3 is 9.16 Å². The number of carbonyl (C=O) groups excluding carboxylic acids is 1. The Kier molecular flexibility index (Phi) is 9.00. The number of ether oxygens (including phenoxy) is 1. The van der Waals surface area contributed by atoms with E-state index >= 15 is 0 Å². The smallest absolute Gasteiger partial charge is 0.261 e. The molecule has 3 nitrogen and oxygen atoms in total. The zero-order chi connectivity index (χ0) is 31.3. The first-order chi connectivity index (χ1) is 21.9. The fourth-order valence-corrected chi connectivity index (χ4v) is 11.9. The highest BCUT2D eigenvalue weighted by Gasteiger charge is 2.54. The zero-order valence-electron chi connectivity index (χ0n) is 26.4. The summed E-state index contributed by atoms with van der Waals surface area (Å²) in [4.78, 5) is 13.8. The first kappa shape index (κ1) is 30.9. The molecule has 0 aromatic heterocycles. The molecule has 5 aromatic rings. The topological polar surface area (TPSA) is 35.5 Å². The van der Waals surface area contributed by atoms with E-state index in [1.165, 1.54) is 10.4 Å². The Balaban J connectivity index is 1.43. The Morgan fingerprint density at radius 1 is 0.600 bits per heavy atom. The van der Waals surface area contributed by atoms with Crippen LogP contribution >= 0.6 is 0 Å². The van der Waals surface area contributed by atoms with E-state index in [0.29, 0.717) is 12.8 Å². The molecule has 45 heavy (non-hydrogen) atoms. The normalized spacial score (nSPS) is 17.4. The molecule has 0 amide bonds. The second-order valence-electron chi connectivity index (χ2n) is 13.0. The molecule has 0 N–H and O–H groups in total. The van der Waals surface area contributed by atoms with Crippen LogP contribution in [0, 0.1) is 5.92 Å². The molecule has 2 atom stereocenters. The molecule has 0 spiro atoms. The van der Waals surface area contributed by atoms with E-state index in [1.54, 1.807) is 0 Å². The lowest BCUT2D eigenvalue weighted by Crippen LogP contribution is -2.68. The minimum absolute atomic E-state index is 0.186. The SMILES string of the molecule is CC(C)(C)[Si](OC1CCC(=O)C1COC(c1ccccc1)(c1ccccc1)c1ccccc1)(c1ccccc1)c1ccccc1. The van der Waals surface area contributed by atoms with Crippen molar-refractivity contribution in [2.75, 3.05) is 6.61 Å². The molecule has 1 fully saturated rings. The Labute approximate surface area is 269 Å². The van der Waals surface area contributed by atoms with Crippen molar-refractivity contribution < 1.29 is 14.0 Å². The van der Waals surface area contributed by atoms with Gasteiger partial charge in [-0.25, -0.2) is 0 Å². The van der Waals surface area contributed by atoms with Gasteiger partial charge in [-0.3, -0.25) is 4.79 Å². The Morgan fingerprint density at radius 2 is 0.978 bits per heavy atom. The van der Waals surface area contributed by atoms with Crippen LogP contribution in [0.4, 0.5) is 0 Å². The zero-order valence-corrected chi connectivity index (χ0v) is 27.4. The van der Waals surface area contributed by atoms with Gasteiger partial charge in [0.25, 0.3) is 8.32 Å². The van der Waals surface area contributed by atoms with Gasteiger partial charge in [0.2, 0.25) is 0 Å². The van der Waals surface area contributed by atoms with Gasteiger partial charge in [0.15, 0.2) is 0 Å². The maximum absolute atomic E-state index is 13.8.